The van der Waals surface area contributed by atoms with Gasteiger partial charge in [-0.3, -0.25) is 0 Å². The van der Waals surface area contributed by atoms with Crippen molar-refractivity contribution >= 4 is 12.2 Å². The summed E-state index contributed by atoms with van der Waals surface area (Å²) in [7, 11) is 0. The first-order chi connectivity index (χ1) is 8.99. The topological polar surface area (TPSA) is 70.7 Å². The minimum atomic E-state index is -0.548. The van der Waals surface area contributed by atoms with Crippen LogP contribution in [0.3, 0.4) is 0 Å². The number of phenols is 1. The Labute approximate surface area is 110 Å². The van der Waals surface area contributed by atoms with E-state index < -0.39 is 5.63 Å². The summed E-state index contributed by atoms with van der Waals surface area (Å²) < 4.78 is 5.11. The van der Waals surface area contributed by atoms with Crippen LogP contribution in [0.15, 0.2) is 33.5 Å². The van der Waals surface area contributed by atoms with Gasteiger partial charge in [0.05, 0.1) is 5.56 Å². The van der Waals surface area contributed by atoms with Crippen LogP contribution in [0.5, 0.6) is 11.5 Å². The third kappa shape index (κ3) is 2.68. The van der Waals surface area contributed by atoms with Gasteiger partial charge < -0.3 is 14.6 Å². The lowest BCUT2D eigenvalue weighted by Gasteiger charge is -2.04. The first kappa shape index (κ1) is 13.0. The predicted octanol–water partition coefficient (Wildman–Crippen LogP) is 2.84. The predicted molar refractivity (Wildman–Crippen MR) is 73.2 cm³/mol. The van der Waals surface area contributed by atoms with Gasteiger partial charge in [0.1, 0.15) is 17.3 Å². The van der Waals surface area contributed by atoms with Gasteiger partial charge in [0.15, 0.2) is 0 Å². The average Bonchev–Trinajstić information content (AvgIpc) is 2.41. The van der Waals surface area contributed by atoms with Crippen molar-refractivity contribution in [3.63, 3.8) is 0 Å². The third-order valence-corrected chi connectivity index (χ3v) is 2.91. The molecule has 0 amide bonds. The molecule has 2 rings (SSSR count). The van der Waals surface area contributed by atoms with Crippen molar-refractivity contribution in [2.45, 2.75) is 13.8 Å². The average molecular weight is 258 g/mol. The Hall–Kier alpha value is -2.49. The van der Waals surface area contributed by atoms with Crippen LogP contribution in [0.2, 0.25) is 0 Å². The molecule has 0 saturated carbocycles. The lowest BCUT2D eigenvalue weighted by molar-refractivity contribution is 0.430. The molecule has 1 aromatic heterocycles. The van der Waals surface area contributed by atoms with E-state index in [1.54, 1.807) is 43.3 Å². The normalized spacial score (nSPS) is 11.1. The van der Waals surface area contributed by atoms with Gasteiger partial charge in [-0.15, -0.1) is 0 Å². The zero-order chi connectivity index (χ0) is 14.0. The van der Waals surface area contributed by atoms with E-state index in [9.17, 15) is 15.0 Å². The van der Waals surface area contributed by atoms with E-state index in [0.29, 0.717) is 11.3 Å². The first-order valence-corrected chi connectivity index (χ1v) is 5.79. The quantitative estimate of drug-likeness (QED) is 0.868. The minimum absolute atomic E-state index is 0.0402. The number of phenolic OH excluding ortho intramolecular Hbond substituents is 1. The largest absolute Gasteiger partial charge is 0.508 e. The van der Waals surface area contributed by atoms with E-state index in [1.165, 1.54) is 6.92 Å². The molecule has 2 aromatic rings. The Bertz CT molecular complexity index is 679. The monoisotopic (exact) mass is 258 g/mol. The molecule has 0 fully saturated rings. The van der Waals surface area contributed by atoms with E-state index in [0.717, 1.165) is 5.56 Å². The Morgan fingerprint density at radius 1 is 1.00 bits per heavy atom. The van der Waals surface area contributed by atoms with E-state index in [-0.39, 0.29) is 17.1 Å². The van der Waals surface area contributed by atoms with Crippen LogP contribution in [-0.4, -0.2) is 10.2 Å². The van der Waals surface area contributed by atoms with Crippen molar-refractivity contribution < 1.29 is 14.6 Å². The van der Waals surface area contributed by atoms with Crippen molar-refractivity contribution in [2.75, 3.05) is 0 Å². The Morgan fingerprint density at radius 2 is 1.63 bits per heavy atom. The van der Waals surface area contributed by atoms with E-state index in [4.69, 9.17) is 4.42 Å². The van der Waals surface area contributed by atoms with Crippen molar-refractivity contribution in [1.29, 1.82) is 0 Å². The molecule has 19 heavy (non-hydrogen) atoms. The molecule has 0 saturated heterocycles. The summed E-state index contributed by atoms with van der Waals surface area (Å²) in [6, 6.07) is 6.59. The number of rotatable bonds is 2. The lowest BCUT2D eigenvalue weighted by Crippen LogP contribution is -2.05. The SMILES string of the molecule is Cc1c(/C=C/c2ccc(O)cc2)oc(=O)c(C)c1O. The molecule has 2 N–H and O–H groups in total. The lowest BCUT2D eigenvalue weighted by atomic mass is 10.1. The third-order valence-electron chi connectivity index (χ3n) is 2.91. The van der Waals surface area contributed by atoms with Crippen LogP contribution in [-0.2, 0) is 0 Å². The molecular formula is C15H14O4. The van der Waals surface area contributed by atoms with Gasteiger partial charge in [0, 0.05) is 5.56 Å². The van der Waals surface area contributed by atoms with Gasteiger partial charge in [-0.2, -0.15) is 0 Å². The van der Waals surface area contributed by atoms with Crippen LogP contribution in [0, 0.1) is 13.8 Å². The molecule has 0 aliphatic rings. The van der Waals surface area contributed by atoms with Crippen LogP contribution < -0.4 is 5.63 Å². The van der Waals surface area contributed by atoms with Crippen LogP contribution in [0.25, 0.3) is 12.2 Å². The van der Waals surface area contributed by atoms with E-state index >= 15 is 0 Å². The molecule has 0 aliphatic heterocycles. The molecule has 4 nitrogen and oxygen atoms in total. The fourth-order valence-electron chi connectivity index (χ4n) is 1.66. The fourth-order valence-corrected chi connectivity index (χ4v) is 1.66. The van der Waals surface area contributed by atoms with Crippen molar-refractivity contribution in [3.05, 3.63) is 57.1 Å². The van der Waals surface area contributed by atoms with Crippen LogP contribution in [0.4, 0.5) is 0 Å². The highest BCUT2D eigenvalue weighted by Crippen LogP contribution is 2.23. The summed E-state index contributed by atoms with van der Waals surface area (Å²) >= 11 is 0. The number of benzene rings is 1. The number of hydrogen-bond donors (Lipinski definition) is 2. The Kier molecular flexibility index (Phi) is 3.42. The van der Waals surface area contributed by atoms with Gasteiger partial charge in [0.25, 0.3) is 0 Å². The fraction of sp³-hybridized carbons (Fsp3) is 0.133. The summed E-state index contributed by atoms with van der Waals surface area (Å²) in [6.45, 7) is 3.20. The highest BCUT2D eigenvalue weighted by atomic mass is 16.4. The maximum Gasteiger partial charge on any atom is 0.342 e. The maximum atomic E-state index is 11.5. The van der Waals surface area contributed by atoms with Crippen molar-refractivity contribution in [3.8, 4) is 11.5 Å². The Morgan fingerprint density at radius 3 is 2.26 bits per heavy atom. The van der Waals surface area contributed by atoms with E-state index in [2.05, 4.69) is 0 Å². The molecule has 0 spiro atoms. The smallest absolute Gasteiger partial charge is 0.342 e. The van der Waals surface area contributed by atoms with Gasteiger partial charge in [-0.1, -0.05) is 18.2 Å². The van der Waals surface area contributed by atoms with Crippen LogP contribution >= 0.6 is 0 Å². The molecule has 0 bridgehead atoms. The molecule has 0 aliphatic carbocycles. The molecule has 98 valence electrons. The summed E-state index contributed by atoms with van der Waals surface area (Å²) in [5.74, 6) is 0.468. The molecule has 1 aromatic carbocycles. The van der Waals surface area contributed by atoms with E-state index in [1.807, 2.05) is 0 Å². The second-order valence-corrected chi connectivity index (χ2v) is 4.28. The second-order valence-electron chi connectivity index (χ2n) is 4.28. The van der Waals surface area contributed by atoms with Crippen molar-refractivity contribution in [1.82, 2.24) is 0 Å². The molecule has 0 radical (unpaired) electrons. The molecule has 1 heterocycles. The van der Waals surface area contributed by atoms with Crippen LogP contribution in [0.1, 0.15) is 22.5 Å². The van der Waals surface area contributed by atoms with Gasteiger partial charge in [0.2, 0.25) is 0 Å². The molecule has 4 heteroatoms. The summed E-state index contributed by atoms with van der Waals surface area (Å²) in [4.78, 5) is 11.5. The Balaban J connectivity index is 2.39. The first-order valence-electron chi connectivity index (χ1n) is 5.79. The molecule has 0 unspecified atom stereocenters. The van der Waals surface area contributed by atoms with Crippen molar-refractivity contribution in [2.24, 2.45) is 0 Å². The zero-order valence-electron chi connectivity index (χ0n) is 10.7. The highest BCUT2D eigenvalue weighted by molar-refractivity contribution is 5.69. The number of aromatic hydroxyl groups is 2. The minimum Gasteiger partial charge on any atom is -0.508 e. The summed E-state index contributed by atoms with van der Waals surface area (Å²) in [5, 5.41) is 18.9. The molecule has 0 atom stereocenters. The number of hydrogen-bond acceptors (Lipinski definition) is 4. The molecular weight excluding hydrogens is 244 g/mol. The van der Waals surface area contributed by atoms with Gasteiger partial charge in [-0.25, -0.2) is 4.79 Å². The van der Waals surface area contributed by atoms with Gasteiger partial charge >= 0.3 is 5.63 Å². The highest BCUT2D eigenvalue weighted by Gasteiger charge is 2.10. The zero-order valence-corrected chi connectivity index (χ0v) is 10.7. The standard InChI is InChI=1S/C15H14O4/c1-9-13(19-15(18)10(2)14(9)17)8-5-11-3-6-12(16)7-4-11/h3-8,16-17H,1-2H3/b8-5+. The maximum absolute atomic E-state index is 11.5. The summed E-state index contributed by atoms with van der Waals surface area (Å²) in [6.07, 6.45) is 3.35. The summed E-state index contributed by atoms with van der Waals surface area (Å²) in [5.41, 5.74) is 1.03. The second kappa shape index (κ2) is 5.02. The van der Waals surface area contributed by atoms with Gasteiger partial charge in [-0.05, 0) is 37.6 Å².